The van der Waals surface area contributed by atoms with Gasteiger partial charge in [0.15, 0.2) is 11.5 Å². The lowest BCUT2D eigenvalue weighted by atomic mass is 10.0. The Morgan fingerprint density at radius 3 is 1.32 bits per heavy atom. The number of hydrogen-bond acceptors (Lipinski definition) is 4. The van der Waals surface area contributed by atoms with E-state index < -0.39 is 0 Å². The number of rotatable bonds is 3. The molecule has 0 radical (unpaired) electrons. The van der Waals surface area contributed by atoms with Crippen LogP contribution in [0.25, 0.3) is 11.1 Å². The van der Waals surface area contributed by atoms with Crippen molar-refractivity contribution < 1.29 is 9.47 Å². The van der Waals surface area contributed by atoms with Crippen LogP contribution in [-0.2, 0) is 0 Å². The average Bonchev–Trinajstić information content (AvgIpc) is 2.47. The summed E-state index contributed by atoms with van der Waals surface area (Å²) < 4.78 is 9.37. The maximum Gasteiger partial charge on any atom is 0.292 e. The molecule has 0 saturated carbocycles. The van der Waals surface area contributed by atoms with Crippen LogP contribution in [0.3, 0.4) is 0 Å². The summed E-state index contributed by atoms with van der Waals surface area (Å²) in [7, 11) is 0. The molecule has 0 aliphatic rings. The van der Waals surface area contributed by atoms with Gasteiger partial charge in [0, 0.05) is 23.3 Å². The van der Waals surface area contributed by atoms with Crippen molar-refractivity contribution in [2.45, 2.75) is 0 Å². The standard InChI is InChI=1S/C14H4Cl4N2O2/c15-9-3-13(21-5-19)11(17)1-7(9)8-2-12(18)14(22-6-20)4-10(8)16/h1-4H. The van der Waals surface area contributed by atoms with Crippen LogP contribution in [0.5, 0.6) is 11.5 Å². The topological polar surface area (TPSA) is 66.0 Å². The van der Waals surface area contributed by atoms with E-state index in [4.69, 9.17) is 56.9 Å². The van der Waals surface area contributed by atoms with Crippen LogP contribution in [0.15, 0.2) is 24.3 Å². The third kappa shape index (κ3) is 3.32. The van der Waals surface area contributed by atoms with E-state index in [0.29, 0.717) is 11.1 Å². The molecule has 0 unspecified atom stereocenters. The van der Waals surface area contributed by atoms with E-state index in [1.165, 1.54) is 36.8 Å². The number of benzene rings is 2. The van der Waals surface area contributed by atoms with Crippen LogP contribution in [0.2, 0.25) is 20.1 Å². The number of ether oxygens (including phenoxy) is 2. The zero-order valence-corrected chi connectivity index (χ0v) is 13.6. The first-order valence-corrected chi connectivity index (χ1v) is 7.09. The van der Waals surface area contributed by atoms with Crippen molar-refractivity contribution in [3.63, 3.8) is 0 Å². The van der Waals surface area contributed by atoms with E-state index in [0.717, 1.165) is 0 Å². The summed E-state index contributed by atoms with van der Waals surface area (Å²) in [5.74, 6) is 0.258. The van der Waals surface area contributed by atoms with E-state index >= 15 is 0 Å². The molecule has 0 aliphatic heterocycles. The van der Waals surface area contributed by atoms with Crippen LogP contribution in [-0.4, -0.2) is 0 Å². The van der Waals surface area contributed by atoms with Gasteiger partial charge in [-0.05, 0) is 12.1 Å². The van der Waals surface area contributed by atoms with Crippen molar-refractivity contribution in [1.29, 1.82) is 10.5 Å². The second-order valence-electron chi connectivity index (χ2n) is 3.91. The van der Waals surface area contributed by atoms with Gasteiger partial charge in [-0.1, -0.05) is 46.4 Å². The molecule has 2 rings (SSSR count). The highest BCUT2D eigenvalue weighted by Crippen LogP contribution is 2.42. The van der Waals surface area contributed by atoms with Gasteiger partial charge in [-0.15, -0.1) is 10.5 Å². The second-order valence-corrected chi connectivity index (χ2v) is 5.54. The van der Waals surface area contributed by atoms with Gasteiger partial charge in [-0.3, -0.25) is 0 Å². The van der Waals surface area contributed by atoms with Crippen molar-refractivity contribution in [2.75, 3.05) is 0 Å². The van der Waals surface area contributed by atoms with Gasteiger partial charge >= 0.3 is 0 Å². The summed E-state index contributed by atoms with van der Waals surface area (Å²) in [5.41, 5.74) is 0.986. The van der Waals surface area contributed by atoms with Crippen LogP contribution in [0.1, 0.15) is 0 Å². The molecule has 8 heteroatoms. The molecular formula is C14H4Cl4N2O2. The van der Waals surface area contributed by atoms with Gasteiger partial charge in [-0.25, -0.2) is 0 Å². The first-order valence-electron chi connectivity index (χ1n) is 5.58. The summed E-state index contributed by atoms with van der Waals surface area (Å²) in [6.07, 6.45) is 3.03. The fourth-order valence-corrected chi connectivity index (χ4v) is 2.64. The predicted octanol–water partition coefficient (Wildman–Crippen LogP) is 5.69. The maximum absolute atomic E-state index is 8.53. The summed E-state index contributed by atoms with van der Waals surface area (Å²) in [5, 5.41) is 18.0. The second kappa shape index (κ2) is 6.96. The van der Waals surface area contributed by atoms with Crippen LogP contribution in [0, 0.1) is 23.0 Å². The first-order chi connectivity index (χ1) is 10.5. The lowest BCUT2D eigenvalue weighted by Gasteiger charge is -2.11. The fourth-order valence-electron chi connectivity index (χ4n) is 1.72. The molecule has 0 heterocycles. The number of nitriles is 2. The quantitative estimate of drug-likeness (QED) is 0.648. The van der Waals surface area contributed by atoms with Gasteiger partial charge in [0.2, 0.25) is 0 Å². The molecule has 0 bridgehead atoms. The zero-order chi connectivity index (χ0) is 16.3. The molecule has 0 saturated heterocycles. The van der Waals surface area contributed by atoms with Gasteiger partial charge in [0.25, 0.3) is 12.5 Å². The van der Waals surface area contributed by atoms with Crippen molar-refractivity contribution in [2.24, 2.45) is 0 Å². The SMILES string of the molecule is N#COc1cc(Cl)c(-c2cc(Cl)c(OC#N)cc2Cl)cc1Cl. The van der Waals surface area contributed by atoms with Crippen LogP contribution < -0.4 is 9.47 Å². The fraction of sp³-hybridized carbons (Fsp3) is 0. The molecular weight excluding hydrogens is 370 g/mol. The maximum atomic E-state index is 8.53. The Labute approximate surface area is 145 Å². The third-order valence-electron chi connectivity index (χ3n) is 2.64. The van der Waals surface area contributed by atoms with E-state index in [-0.39, 0.29) is 31.6 Å². The van der Waals surface area contributed by atoms with E-state index in [1.54, 1.807) is 0 Å². The Morgan fingerprint density at radius 2 is 1.00 bits per heavy atom. The van der Waals surface area contributed by atoms with Crippen molar-refractivity contribution >= 4 is 46.4 Å². The third-order valence-corrected chi connectivity index (χ3v) is 3.86. The molecule has 110 valence electrons. The molecule has 0 amide bonds. The monoisotopic (exact) mass is 372 g/mol. The van der Waals surface area contributed by atoms with Crippen molar-refractivity contribution in [3.05, 3.63) is 44.4 Å². The Morgan fingerprint density at radius 1 is 0.636 bits per heavy atom. The molecule has 0 fully saturated rings. The smallest absolute Gasteiger partial charge is 0.292 e. The first kappa shape index (κ1) is 16.5. The minimum atomic E-state index is 0.129. The molecule has 0 spiro atoms. The van der Waals surface area contributed by atoms with Gasteiger partial charge in [0.1, 0.15) is 0 Å². The molecule has 0 aromatic heterocycles. The van der Waals surface area contributed by atoms with Crippen LogP contribution in [0.4, 0.5) is 0 Å². The predicted molar refractivity (Wildman–Crippen MR) is 84.4 cm³/mol. The van der Waals surface area contributed by atoms with Gasteiger partial charge in [0.05, 0.1) is 20.1 Å². The summed E-state index contributed by atoms with van der Waals surface area (Å²) in [4.78, 5) is 0. The largest absolute Gasteiger partial charge is 0.386 e. The van der Waals surface area contributed by atoms with E-state index in [2.05, 4.69) is 9.47 Å². The molecule has 4 nitrogen and oxygen atoms in total. The molecule has 2 aromatic carbocycles. The van der Waals surface area contributed by atoms with Crippen molar-refractivity contribution in [1.82, 2.24) is 0 Å². The Hall–Kier alpha value is -1.82. The normalized spacial score (nSPS) is 9.73. The minimum absolute atomic E-state index is 0.129. The zero-order valence-electron chi connectivity index (χ0n) is 10.5. The van der Waals surface area contributed by atoms with Crippen molar-refractivity contribution in [3.8, 4) is 35.1 Å². The summed E-state index contributed by atoms with van der Waals surface area (Å²) in [6, 6.07) is 5.79. The molecule has 0 atom stereocenters. The van der Waals surface area contributed by atoms with Gasteiger partial charge in [-0.2, -0.15) is 0 Å². The summed E-state index contributed by atoms with van der Waals surface area (Å²) >= 11 is 24.4. The van der Waals surface area contributed by atoms with E-state index in [1.807, 2.05) is 0 Å². The lowest BCUT2D eigenvalue weighted by Crippen LogP contribution is -1.89. The molecule has 2 aromatic rings. The average molecular weight is 374 g/mol. The highest BCUT2D eigenvalue weighted by Gasteiger charge is 2.16. The number of hydrogen-bond donors (Lipinski definition) is 0. The van der Waals surface area contributed by atoms with E-state index in [9.17, 15) is 0 Å². The Balaban J connectivity index is 2.58. The highest BCUT2D eigenvalue weighted by atomic mass is 35.5. The molecule has 22 heavy (non-hydrogen) atoms. The number of halogens is 4. The highest BCUT2D eigenvalue weighted by molar-refractivity contribution is 6.39. The summed E-state index contributed by atoms with van der Waals surface area (Å²) in [6.45, 7) is 0. The molecule has 0 N–H and O–H groups in total. The lowest BCUT2D eigenvalue weighted by molar-refractivity contribution is 0.507. The Bertz CT molecular complexity index is 756. The number of nitrogens with zero attached hydrogens (tertiary/aromatic N) is 2. The minimum Gasteiger partial charge on any atom is -0.386 e. The van der Waals surface area contributed by atoms with Gasteiger partial charge < -0.3 is 9.47 Å². The molecule has 0 aliphatic carbocycles. The Kier molecular flexibility index (Phi) is 5.24. The van der Waals surface area contributed by atoms with Crippen LogP contribution >= 0.6 is 46.4 Å².